The quantitative estimate of drug-likeness (QED) is 0.378. The molecular formula is C17H13N3O7. The lowest BCUT2D eigenvalue weighted by atomic mass is 9.67. The van der Waals surface area contributed by atoms with Crippen LogP contribution in [-0.2, 0) is 19.2 Å². The molecule has 0 unspecified atom stereocenters. The monoisotopic (exact) mass is 371 g/mol. The third-order valence-electron chi connectivity index (χ3n) is 4.32. The largest absolute Gasteiger partial charge is 0.480 e. The van der Waals surface area contributed by atoms with E-state index in [9.17, 15) is 24.0 Å². The molecule has 0 aromatic heterocycles. The van der Waals surface area contributed by atoms with Crippen molar-refractivity contribution in [3.63, 3.8) is 0 Å². The smallest absolute Gasteiger partial charge is 0.321 e. The zero-order valence-corrected chi connectivity index (χ0v) is 13.7. The number of carbonyl (C=O) groups excluding carboxylic acids is 3. The summed E-state index contributed by atoms with van der Waals surface area (Å²) in [6, 6.07) is 5.75. The van der Waals surface area contributed by atoms with Crippen LogP contribution in [0.1, 0.15) is 23.2 Å². The van der Waals surface area contributed by atoms with Gasteiger partial charge in [0.1, 0.15) is 0 Å². The van der Waals surface area contributed by atoms with E-state index < -0.39 is 35.1 Å². The summed E-state index contributed by atoms with van der Waals surface area (Å²) < 4.78 is 0. The van der Waals surface area contributed by atoms with Crippen molar-refractivity contribution in [3.05, 3.63) is 42.0 Å². The number of nitrogens with zero attached hydrogens (tertiary/aromatic N) is 2. The molecular weight excluding hydrogens is 358 g/mol. The van der Waals surface area contributed by atoms with Gasteiger partial charge < -0.3 is 10.2 Å². The summed E-state index contributed by atoms with van der Waals surface area (Å²) in [5, 5.41) is 21.8. The van der Waals surface area contributed by atoms with Crippen LogP contribution in [0, 0.1) is 5.41 Å². The van der Waals surface area contributed by atoms with Crippen LogP contribution in [0.5, 0.6) is 0 Å². The first-order valence-electron chi connectivity index (χ1n) is 7.73. The van der Waals surface area contributed by atoms with Crippen LogP contribution in [0.4, 0.5) is 5.69 Å². The van der Waals surface area contributed by atoms with Gasteiger partial charge in [-0.25, -0.2) is 10.3 Å². The van der Waals surface area contributed by atoms with Crippen molar-refractivity contribution in [2.75, 3.05) is 4.90 Å². The molecule has 1 saturated carbocycles. The number of benzene rings is 1. The lowest BCUT2D eigenvalue weighted by Crippen LogP contribution is -2.51. The Hall–Kier alpha value is -3.82. The number of amides is 3. The van der Waals surface area contributed by atoms with E-state index in [-0.39, 0.29) is 29.8 Å². The SMILES string of the molecule is O=C(NN=C1CC(C(=O)O)(C(=O)O)C1)c1cccc(N2C(=O)C=CC2=O)c1. The van der Waals surface area contributed by atoms with Gasteiger partial charge in [-0.1, -0.05) is 6.07 Å². The van der Waals surface area contributed by atoms with Crippen molar-refractivity contribution < 1.29 is 34.2 Å². The number of carboxylic acid groups (broad SMARTS) is 2. The highest BCUT2D eigenvalue weighted by Crippen LogP contribution is 2.39. The Kier molecular flexibility index (Phi) is 4.32. The molecule has 138 valence electrons. The van der Waals surface area contributed by atoms with E-state index in [1.54, 1.807) is 0 Å². The molecule has 1 fully saturated rings. The lowest BCUT2D eigenvalue weighted by molar-refractivity contribution is -0.165. The minimum atomic E-state index is -1.91. The maximum Gasteiger partial charge on any atom is 0.321 e. The molecule has 0 radical (unpaired) electrons. The number of aliphatic carboxylic acids is 2. The molecule has 1 heterocycles. The first-order valence-corrected chi connectivity index (χ1v) is 7.73. The molecule has 0 atom stereocenters. The fourth-order valence-electron chi connectivity index (χ4n) is 2.75. The number of hydrazone groups is 1. The Bertz CT molecular complexity index is 906. The number of nitrogens with one attached hydrogen (secondary N) is 1. The Balaban J connectivity index is 1.69. The topological polar surface area (TPSA) is 153 Å². The van der Waals surface area contributed by atoms with Crippen molar-refractivity contribution in [1.82, 2.24) is 5.43 Å². The van der Waals surface area contributed by atoms with Gasteiger partial charge in [0.2, 0.25) is 0 Å². The molecule has 3 amide bonds. The van der Waals surface area contributed by atoms with Gasteiger partial charge in [-0.05, 0) is 18.2 Å². The maximum atomic E-state index is 12.2. The summed E-state index contributed by atoms with van der Waals surface area (Å²) in [7, 11) is 0. The average molecular weight is 371 g/mol. The van der Waals surface area contributed by atoms with E-state index in [2.05, 4.69) is 10.5 Å². The number of anilines is 1. The van der Waals surface area contributed by atoms with Crippen molar-refractivity contribution in [2.24, 2.45) is 10.5 Å². The number of hydrogen-bond donors (Lipinski definition) is 3. The highest BCUT2D eigenvalue weighted by atomic mass is 16.4. The number of carboxylic acids is 2. The fourth-order valence-corrected chi connectivity index (χ4v) is 2.75. The summed E-state index contributed by atoms with van der Waals surface area (Å²) >= 11 is 0. The van der Waals surface area contributed by atoms with Crippen LogP contribution in [0.3, 0.4) is 0 Å². The number of rotatable bonds is 5. The lowest BCUT2D eigenvalue weighted by Gasteiger charge is -2.34. The van der Waals surface area contributed by atoms with Gasteiger partial charge in [0.25, 0.3) is 17.7 Å². The van der Waals surface area contributed by atoms with E-state index in [1.165, 1.54) is 24.3 Å². The zero-order chi connectivity index (χ0) is 19.8. The molecule has 3 rings (SSSR count). The Labute approximate surface area is 151 Å². The summed E-state index contributed by atoms with van der Waals surface area (Å²) in [4.78, 5) is 58.7. The average Bonchev–Trinajstić information content (AvgIpc) is 2.91. The molecule has 10 nitrogen and oxygen atoms in total. The van der Waals surface area contributed by atoms with E-state index in [0.717, 1.165) is 17.1 Å². The molecule has 27 heavy (non-hydrogen) atoms. The highest BCUT2D eigenvalue weighted by molar-refractivity contribution is 6.28. The molecule has 0 bridgehead atoms. The summed E-state index contributed by atoms with van der Waals surface area (Å²) in [6.45, 7) is 0. The summed E-state index contributed by atoms with van der Waals surface area (Å²) in [6.07, 6.45) is 1.63. The number of hydrogen-bond acceptors (Lipinski definition) is 6. The van der Waals surface area contributed by atoms with Crippen molar-refractivity contribution >= 4 is 41.1 Å². The minimum absolute atomic E-state index is 0.117. The molecule has 1 aromatic rings. The second kappa shape index (κ2) is 6.48. The van der Waals surface area contributed by atoms with Gasteiger partial charge in [0.15, 0.2) is 5.41 Å². The highest BCUT2D eigenvalue weighted by Gasteiger charge is 2.55. The molecule has 0 spiro atoms. The van der Waals surface area contributed by atoms with Crippen LogP contribution >= 0.6 is 0 Å². The van der Waals surface area contributed by atoms with Crippen LogP contribution in [-0.4, -0.2) is 45.6 Å². The molecule has 3 N–H and O–H groups in total. The molecule has 1 aliphatic carbocycles. The Morgan fingerprint density at radius 3 is 2.19 bits per heavy atom. The van der Waals surface area contributed by atoms with E-state index in [0.29, 0.717) is 0 Å². The normalized spacial score (nSPS) is 17.5. The maximum absolute atomic E-state index is 12.2. The van der Waals surface area contributed by atoms with Crippen LogP contribution in [0.2, 0.25) is 0 Å². The predicted molar refractivity (Wildman–Crippen MR) is 89.9 cm³/mol. The molecule has 1 aromatic carbocycles. The minimum Gasteiger partial charge on any atom is -0.480 e. The van der Waals surface area contributed by atoms with Crippen LogP contribution in [0.15, 0.2) is 41.5 Å². The third-order valence-corrected chi connectivity index (χ3v) is 4.32. The van der Waals surface area contributed by atoms with Crippen LogP contribution < -0.4 is 10.3 Å². The molecule has 10 heteroatoms. The number of carbonyl (C=O) groups is 5. The molecule has 2 aliphatic rings. The fraction of sp³-hybridized carbons (Fsp3) is 0.176. The zero-order valence-electron chi connectivity index (χ0n) is 13.7. The van der Waals surface area contributed by atoms with E-state index >= 15 is 0 Å². The van der Waals surface area contributed by atoms with Crippen molar-refractivity contribution in [2.45, 2.75) is 12.8 Å². The molecule has 1 aliphatic heterocycles. The Morgan fingerprint density at radius 1 is 1.04 bits per heavy atom. The first kappa shape index (κ1) is 18.0. The predicted octanol–water partition coefficient (Wildman–Crippen LogP) is 0.151. The van der Waals surface area contributed by atoms with Gasteiger partial charge in [0.05, 0.1) is 5.69 Å². The van der Waals surface area contributed by atoms with Gasteiger partial charge in [0, 0.05) is 36.3 Å². The summed E-state index contributed by atoms with van der Waals surface area (Å²) in [5.74, 6) is -4.61. The second-order valence-electron chi connectivity index (χ2n) is 6.06. The van der Waals surface area contributed by atoms with Gasteiger partial charge in [-0.3, -0.25) is 24.0 Å². The van der Waals surface area contributed by atoms with Crippen molar-refractivity contribution in [1.29, 1.82) is 0 Å². The van der Waals surface area contributed by atoms with Crippen molar-refractivity contribution in [3.8, 4) is 0 Å². The standard InChI is InChI=1S/C17H13N3O7/c21-12-4-5-13(22)20(12)11-3-1-2-9(6-11)14(23)19-18-10-7-17(8-10,15(24)25)16(26)27/h1-6H,7-8H2,(H,19,23)(H,24,25)(H,26,27). The van der Waals surface area contributed by atoms with E-state index in [4.69, 9.17) is 10.2 Å². The second-order valence-corrected chi connectivity index (χ2v) is 6.06. The van der Waals surface area contributed by atoms with E-state index in [1.807, 2.05) is 0 Å². The number of imide groups is 1. The molecule has 0 saturated heterocycles. The first-order chi connectivity index (χ1) is 12.7. The Morgan fingerprint density at radius 2 is 1.63 bits per heavy atom. The third kappa shape index (κ3) is 3.08. The van der Waals surface area contributed by atoms with Crippen LogP contribution in [0.25, 0.3) is 0 Å². The summed E-state index contributed by atoms with van der Waals surface area (Å²) in [5.41, 5.74) is 0.875. The van der Waals surface area contributed by atoms with Gasteiger partial charge >= 0.3 is 11.9 Å². The van der Waals surface area contributed by atoms with Gasteiger partial charge in [-0.15, -0.1) is 0 Å². The van der Waals surface area contributed by atoms with Gasteiger partial charge in [-0.2, -0.15) is 5.10 Å².